The lowest BCUT2D eigenvalue weighted by molar-refractivity contribution is 1.28. The molecule has 62 valence electrons. The van der Waals surface area contributed by atoms with Crippen molar-refractivity contribution in [3.63, 3.8) is 0 Å². The summed E-state index contributed by atoms with van der Waals surface area (Å²) in [5, 5.41) is 6.88. The largest absolute Gasteiger partial charge is 0.167 e. The summed E-state index contributed by atoms with van der Waals surface area (Å²) in [7, 11) is 0. The highest BCUT2D eigenvalue weighted by molar-refractivity contribution is 5.84. The second kappa shape index (κ2) is 6.04. The Labute approximate surface area is 73.0 Å². The zero-order chi connectivity index (χ0) is 9.40. The Morgan fingerprint density at radius 2 is 1.83 bits per heavy atom. The summed E-state index contributed by atoms with van der Waals surface area (Å²) >= 11 is 0. The van der Waals surface area contributed by atoms with Crippen molar-refractivity contribution in [1.82, 2.24) is 0 Å². The molecular formula is C10H12N2. The predicted molar refractivity (Wildman–Crippen MR) is 55.7 cm³/mol. The molecule has 0 heterocycles. The van der Waals surface area contributed by atoms with Crippen LogP contribution >= 0.6 is 0 Å². The molecule has 0 bridgehead atoms. The summed E-state index contributed by atoms with van der Waals surface area (Å²) in [4.78, 5) is 0. The number of allylic oxidation sites excluding steroid dienone is 5. The minimum atomic E-state index is 0.709. The maximum atomic E-state index is 3.76. The number of nitrogens with zero attached hydrogens (tertiary/aromatic N) is 2. The quantitative estimate of drug-likeness (QED) is 0.335. The van der Waals surface area contributed by atoms with E-state index in [1.165, 1.54) is 6.21 Å². The molecule has 0 atom stereocenters. The standard InChI is InChI=1S/C10H12N2/c1-5-6-7-9(2)10(3)8-12-11-4/h5-8H,1-4H2. The second-order valence-electron chi connectivity index (χ2n) is 2.03. The van der Waals surface area contributed by atoms with Gasteiger partial charge in [0, 0.05) is 6.72 Å². The van der Waals surface area contributed by atoms with E-state index in [1.807, 2.05) is 0 Å². The van der Waals surface area contributed by atoms with Crippen LogP contribution in [0.4, 0.5) is 0 Å². The van der Waals surface area contributed by atoms with Gasteiger partial charge in [-0.25, -0.2) is 0 Å². The van der Waals surface area contributed by atoms with Crippen molar-refractivity contribution in [3.8, 4) is 0 Å². The van der Waals surface area contributed by atoms with Crippen LogP contribution in [-0.2, 0) is 0 Å². The van der Waals surface area contributed by atoms with Crippen LogP contribution in [0.1, 0.15) is 0 Å². The van der Waals surface area contributed by atoms with Crippen molar-refractivity contribution in [2.24, 2.45) is 10.2 Å². The minimum absolute atomic E-state index is 0.709. The van der Waals surface area contributed by atoms with E-state index in [0.717, 1.165) is 5.57 Å². The molecule has 0 spiro atoms. The Bertz CT molecular complexity index is 229. The van der Waals surface area contributed by atoms with Gasteiger partial charge >= 0.3 is 0 Å². The molecule has 12 heavy (non-hydrogen) atoms. The number of hydrogen-bond acceptors (Lipinski definition) is 2. The van der Waals surface area contributed by atoms with Gasteiger partial charge in [-0.1, -0.05) is 38.0 Å². The Kier molecular flexibility index (Phi) is 5.18. The monoisotopic (exact) mass is 160 g/mol. The molecule has 0 amide bonds. The fourth-order valence-corrected chi connectivity index (χ4v) is 0.485. The van der Waals surface area contributed by atoms with Gasteiger partial charge in [0.2, 0.25) is 0 Å². The molecule has 0 N–H and O–H groups in total. The molecule has 2 nitrogen and oxygen atoms in total. The first-order chi connectivity index (χ1) is 5.72. The maximum absolute atomic E-state index is 3.76. The molecule has 0 saturated heterocycles. The number of hydrogen-bond donors (Lipinski definition) is 0. The second-order valence-corrected chi connectivity index (χ2v) is 2.03. The Morgan fingerprint density at radius 3 is 2.33 bits per heavy atom. The molecule has 0 aromatic carbocycles. The zero-order valence-electron chi connectivity index (χ0n) is 7.03. The van der Waals surface area contributed by atoms with E-state index >= 15 is 0 Å². The first kappa shape index (κ1) is 10.3. The lowest BCUT2D eigenvalue weighted by Gasteiger charge is -1.94. The van der Waals surface area contributed by atoms with Gasteiger partial charge in [-0.15, -0.1) is 0 Å². The van der Waals surface area contributed by atoms with Crippen LogP contribution < -0.4 is 0 Å². The molecule has 0 aliphatic carbocycles. The first-order valence-electron chi connectivity index (χ1n) is 3.38. The molecule has 0 aliphatic rings. The van der Waals surface area contributed by atoms with E-state index in [-0.39, 0.29) is 0 Å². The minimum Gasteiger partial charge on any atom is -0.167 e. The third-order valence-electron chi connectivity index (χ3n) is 1.14. The van der Waals surface area contributed by atoms with E-state index in [4.69, 9.17) is 0 Å². The summed E-state index contributed by atoms with van der Waals surface area (Å²) in [6.45, 7) is 14.2. The van der Waals surface area contributed by atoms with Crippen molar-refractivity contribution in [3.05, 3.63) is 49.1 Å². The summed E-state index contributed by atoms with van der Waals surface area (Å²) in [5.41, 5.74) is 1.49. The maximum Gasteiger partial charge on any atom is 0.0567 e. The Hall–Kier alpha value is -1.70. The van der Waals surface area contributed by atoms with Crippen LogP contribution in [0.5, 0.6) is 0 Å². The van der Waals surface area contributed by atoms with Gasteiger partial charge < -0.3 is 0 Å². The van der Waals surface area contributed by atoms with Gasteiger partial charge in [-0.3, -0.25) is 0 Å². The van der Waals surface area contributed by atoms with Crippen LogP contribution in [-0.4, -0.2) is 12.9 Å². The van der Waals surface area contributed by atoms with Crippen molar-refractivity contribution < 1.29 is 0 Å². The van der Waals surface area contributed by atoms with Crippen molar-refractivity contribution in [2.75, 3.05) is 0 Å². The van der Waals surface area contributed by atoms with Crippen molar-refractivity contribution >= 4 is 12.9 Å². The van der Waals surface area contributed by atoms with E-state index in [0.29, 0.717) is 5.57 Å². The van der Waals surface area contributed by atoms with Crippen LogP contribution in [0.2, 0.25) is 0 Å². The molecule has 0 rings (SSSR count). The average molecular weight is 160 g/mol. The highest BCUT2D eigenvalue weighted by Crippen LogP contribution is 2.03. The van der Waals surface area contributed by atoms with Crippen LogP contribution in [0.15, 0.2) is 59.3 Å². The molecule has 0 aromatic heterocycles. The normalized spacial score (nSPS) is 10.3. The van der Waals surface area contributed by atoms with Crippen LogP contribution in [0.3, 0.4) is 0 Å². The SMILES string of the molecule is C=CC=CC(=C)C(=C)C=NN=C. The summed E-state index contributed by atoms with van der Waals surface area (Å²) in [6, 6.07) is 0. The van der Waals surface area contributed by atoms with Gasteiger partial charge in [0.1, 0.15) is 0 Å². The topological polar surface area (TPSA) is 24.7 Å². The van der Waals surface area contributed by atoms with Crippen molar-refractivity contribution in [2.45, 2.75) is 0 Å². The molecular weight excluding hydrogens is 148 g/mol. The lowest BCUT2D eigenvalue weighted by atomic mass is 10.1. The molecule has 0 aromatic rings. The van der Waals surface area contributed by atoms with Gasteiger partial charge in [-0.05, 0) is 11.1 Å². The van der Waals surface area contributed by atoms with E-state index in [2.05, 4.69) is 36.7 Å². The number of rotatable bonds is 5. The third-order valence-corrected chi connectivity index (χ3v) is 1.14. The molecule has 2 heteroatoms. The van der Waals surface area contributed by atoms with E-state index < -0.39 is 0 Å². The Morgan fingerprint density at radius 1 is 1.17 bits per heavy atom. The van der Waals surface area contributed by atoms with Gasteiger partial charge in [0.15, 0.2) is 0 Å². The predicted octanol–water partition coefficient (Wildman–Crippen LogP) is 2.53. The summed E-state index contributed by atoms with van der Waals surface area (Å²) < 4.78 is 0. The van der Waals surface area contributed by atoms with Gasteiger partial charge in [0.25, 0.3) is 0 Å². The molecule has 0 radical (unpaired) electrons. The Balaban J connectivity index is 4.20. The van der Waals surface area contributed by atoms with Gasteiger partial charge in [0.05, 0.1) is 6.21 Å². The molecule has 0 aliphatic heterocycles. The fourth-order valence-electron chi connectivity index (χ4n) is 0.485. The third kappa shape index (κ3) is 4.17. The van der Waals surface area contributed by atoms with Crippen LogP contribution in [0, 0.1) is 0 Å². The van der Waals surface area contributed by atoms with E-state index in [1.54, 1.807) is 18.2 Å². The average Bonchev–Trinajstić information content (AvgIpc) is 2.10. The van der Waals surface area contributed by atoms with Crippen LogP contribution in [0.25, 0.3) is 0 Å². The van der Waals surface area contributed by atoms with Gasteiger partial charge in [-0.2, -0.15) is 10.2 Å². The van der Waals surface area contributed by atoms with E-state index in [9.17, 15) is 0 Å². The fraction of sp³-hybridized carbons (Fsp3) is 0. The molecule has 0 unspecified atom stereocenters. The first-order valence-corrected chi connectivity index (χ1v) is 3.38. The lowest BCUT2D eigenvalue weighted by Crippen LogP contribution is -1.83. The zero-order valence-corrected chi connectivity index (χ0v) is 7.03. The summed E-state index contributed by atoms with van der Waals surface area (Å²) in [5.74, 6) is 0. The molecule has 0 fully saturated rings. The molecule has 0 saturated carbocycles. The highest BCUT2D eigenvalue weighted by atomic mass is 15.2. The smallest absolute Gasteiger partial charge is 0.0567 e. The highest BCUT2D eigenvalue weighted by Gasteiger charge is 1.89. The summed E-state index contributed by atoms with van der Waals surface area (Å²) in [6.07, 6.45) is 6.75. The van der Waals surface area contributed by atoms with Crippen molar-refractivity contribution in [1.29, 1.82) is 0 Å².